The van der Waals surface area contributed by atoms with E-state index in [9.17, 15) is 20.0 Å². The van der Waals surface area contributed by atoms with E-state index in [1.807, 2.05) is 0 Å². The summed E-state index contributed by atoms with van der Waals surface area (Å²) in [6, 6.07) is 7.15. The lowest BCUT2D eigenvalue weighted by Crippen LogP contribution is -2.13. The highest BCUT2D eigenvalue weighted by Gasteiger charge is 2.15. The molecular weight excluding hydrogens is 262 g/mol. The van der Waals surface area contributed by atoms with Crippen LogP contribution in [0.15, 0.2) is 36.5 Å². The van der Waals surface area contributed by atoms with Gasteiger partial charge in [0.1, 0.15) is 5.75 Å². The van der Waals surface area contributed by atoms with Crippen LogP contribution in [0, 0.1) is 17.0 Å². The minimum absolute atomic E-state index is 0.0898. The highest BCUT2D eigenvalue weighted by molar-refractivity contribution is 6.04. The van der Waals surface area contributed by atoms with Crippen LogP contribution in [0.25, 0.3) is 0 Å². The molecule has 7 nitrogen and oxygen atoms in total. The fraction of sp³-hybridized carbons (Fsp3) is 0.0769. The number of anilines is 1. The number of nitrogens with one attached hydrogen (secondary N) is 1. The van der Waals surface area contributed by atoms with Crippen molar-refractivity contribution < 1.29 is 14.8 Å². The Morgan fingerprint density at radius 1 is 1.40 bits per heavy atom. The molecule has 1 aromatic heterocycles. The number of pyridine rings is 1. The molecule has 2 aromatic rings. The van der Waals surface area contributed by atoms with E-state index in [4.69, 9.17) is 0 Å². The number of aryl methyl sites for hydroxylation is 1. The summed E-state index contributed by atoms with van der Waals surface area (Å²) in [4.78, 5) is 26.0. The van der Waals surface area contributed by atoms with Gasteiger partial charge in [-0.15, -0.1) is 0 Å². The Labute approximate surface area is 114 Å². The Balaban J connectivity index is 2.27. The average Bonchev–Trinajstić information content (AvgIpc) is 2.41. The van der Waals surface area contributed by atoms with Crippen molar-refractivity contribution in [2.45, 2.75) is 6.92 Å². The number of benzene rings is 1. The van der Waals surface area contributed by atoms with Gasteiger partial charge in [-0.25, -0.2) is 4.98 Å². The predicted molar refractivity (Wildman–Crippen MR) is 71.7 cm³/mol. The van der Waals surface area contributed by atoms with Crippen LogP contribution in [0.1, 0.15) is 16.1 Å². The highest BCUT2D eigenvalue weighted by atomic mass is 16.6. The topological polar surface area (TPSA) is 105 Å². The van der Waals surface area contributed by atoms with Gasteiger partial charge < -0.3 is 10.4 Å². The number of nitrogens with zero attached hydrogens (tertiary/aromatic N) is 2. The number of aromatic hydroxyl groups is 1. The summed E-state index contributed by atoms with van der Waals surface area (Å²) in [5, 5.41) is 22.8. The second kappa shape index (κ2) is 5.35. The zero-order chi connectivity index (χ0) is 14.7. The molecular formula is C13H11N3O4. The Morgan fingerprint density at radius 2 is 2.15 bits per heavy atom. The molecule has 102 valence electrons. The summed E-state index contributed by atoms with van der Waals surface area (Å²) < 4.78 is 0. The zero-order valence-electron chi connectivity index (χ0n) is 10.5. The molecule has 1 amide bonds. The first-order valence-electron chi connectivity index (χ1n) is 5.69. The minimum atomic E-state index is -0.638. The van der Waals surface area contributed by atoms with E-state index in [1.165, 1.54) is 30.5 Å². The SMILES string of the molecule is Cc1ccc(NC(=O)c2ncccc2O)cc1[N+](=O)[O-]. The third-order valence-corrected chi connectivity index (χ3v) is 2.67. The van der Waals surface area contributed by atoms with Crippen molar-refractivity contribution in [3.05, 3.63) is 57.9 Å². The molecule has 0 aliphatic carbocycles. The van der Waals surface area contributed by atoms with Crippen molar-refractivity contribution >= 4 is 17.3 Å². The van der Waals surface area contributed by atoms with Crippen molar-refractivity contribution in [2.75, 3.05) is 5.32 Å². The van der Waals surface area contributed by atoms with Crippen LogP contribution in [-0.4, -0.2) is 20.9 Å². The summed E-state index contributed by atoms with van der Waals surface area (Å²) in [6.07, 6.45) is 1.37. The Kier molecular flexibility index (Phi) is 3.60. The van der Waals surface area contributed by atoms with Crippen molar-refractivity contribution in [3.63, 3.8) is 0 Å². The van der Waals surface area contributed by atoms with E-state index in [0.29, 0.717) is 5.56 Å². The molecule has 0 unspecified atom stereocenters. The van der Waals surface area contributed by atoms with Gasteiger partial charge in [-0.1, -0.05) is 6.07 Å². The highest BCUT2D eigenvalue weighted by Crippen LogP contribution is 2.23. The Hall–Kier alpha value is -2.96. The van der Waals surface area contributed by atoms with Gasteiger partial charge >= 0.3 is 0 Å². The summed E-state index contributed by atoms with van der Waals surface area (Å²) >= 11 is 0. The zero-order valence-corrected chi connectivity index (χ0v) is 10.5. The number of rotatable bonds is 3. The van der Waals surface area contributed by atoms with E-state index in [-0.39, 0.29) is 22.8 Å². The van der Waals surface area contributed by atoms with Crippen LogP contribution >= 0.6 is 0 Å². The number of nitro groups is 1. The number of amides is 1. The fourth-order valence-corrected chi connectivity index (χ4v) is 1.65. The number of hydrogen-bond acceptors (Lipinski definition) is 5. The van der Waals surface area contributed by atoms with Gasteiger partial charge in [0.25, 0.3) is 11.6 Å². The summed E-state index contributed by atoms with van der Waals surface area (Å²) in [6.45, 7) is 1.61. The number of carbonyl (C=O) groups is 1. The third kappa shape index (κ3) is 2.72. The molecule has 0 aliphatic rings. The lowest BCUT2D eigenvalue weighted by atomic mass is 10.2. The predicted octanol–water partition coefficient (Wildman–Crippen LogP) is 2.26. The van der Waals surface area contributed by atoms with Gasteiger partial charge in [0.15, 0.2) is 5.69 Å². The molecule has 20 heavy (non-hydrogen) atoms. The van der Waals surface area contributed by atoms with Crippen LogP contribution < -0.4 is 5.32 Å². The summed E-state index contributed by atoms with van der Waals surface area (Å²) in [5.74, 6) is -0.895. The Morgan fingerprint density at radius 3 is 2.80 bits per heavy atom. The van der Waals surface area contributed by atoms with Crippen LogP contribution in [0.4, 0.5) is 11.4 Å². The molecule has 0 bridgehead atoms. The monoisotopic (exact) mass is 273 g/mol. The first-order chi connectivity index (χ1) is 9.49. The van der Waals surface area contributed by atoms with Crippen molar-refractivity contribution in [1.82, 2.24) is 4.98 Å². The van der Waals surface area contributed by atoms with E-state index in [0.717, 1.165) is 0 Å². The largest absolute Gasteiger partial charge is 0.505 e. The number of hydrogen-bond donors (Lipinski definition) is 2. The number of aromatic nitrogens is 1. The van der Waals surface area contributed by atoms with Gasteiger partial charge in [-0.05, 0) is 25.1 Å². The van der Waals surface area contributed by atoms with Gasteiger partial charge in [-0.3, -0.25) is 14.9 Å². The van der Waals surface area contributed by atoms with E-state index in [1.54, 1.807) is 13.0 Å². The molecule has 1 aromatic carbocycles. The molecule has 0 aliphatic heterocycles. The second-order valence-electron chi connectivity index (χ2n) is 4.08. The van der Waals surface area contributed by atoms with Crippen LogP contribution in [-0.2, 0) is 0 Å². The van der Waals surface area contributed by atoms with Crippen LogP contribution in [0.2, 0.25) is 0 Å². The van der Waals surface area contributed by atoms with E-state index < -0.39 is 10.8 Å². The summed E-state index contributed by atoms with van der Waals surface area (Å²) in [5.41, 5.74) is 0.523. The maximum absolute atomic E-state index is 11.9. The second-order valence-corrected chi connectivity index (χ2v) is 4.08. The Bertz CT molecular complexity index is 685. The lowest BCUT2D eigenvalue weighted by Gasteiger charge is -2.06. The molecule has 7 heteroatoms. The molecule has 2 rings (SSSR count). The number of carbonyl (C=O) groups excluding carboxylic acids is 1. The van der Waals surface area contributed by atoms with Crippen LogP contribution in [0.5, 0.6) is 5.75 Å². The first-order valence-corrected chi connectivity index (χ1v) is 5.69. The molecule has 0 saturated heterocycles. The van der Waals surface area contributed by atoms with Gasteiger partial charge in [-0.2, -0.15) is 0 Å². The van der Waals surface area contributed by atoms with Crippen molar-refractivity contribution in [1.29, 1.82) is 0 Å². The van der Waals surface area contributed by atoms with E-state index in [2.05, 4.69) is 10.3 Å². The van der Waals surface area contributed by atoms with Gasteiger partial charge in [0.2, 0.25) is 0 Å². The normalized spacial score (nSPS) is 10.1. The van der Waals surface area contributed by atoms with Crippen molar-refractivity contribution in [2.24, 2.45) is 0 Å². The maximum atomic E-state index is 11.9. The smallest absolute Gasteiger partial charge is 0.278 e. The van der Waals surface area contributed by atoms with Gasteiger partial charge in [0.05, 0.1) is 4.92 Å². The fourth-order valence-electron chi connectivity index (χ4n) is 1.65. The average molecular weight is 273 g/mol. The summed E-state index contributed by atoms with van der Waals surface area (Å²) in [7, 11) is 0. The lowest BCUT2D eigenvalue weighted by molar-refractivity contribution is -0.385. The van der Waals surface area contributed by atoms with Crippen molar-refractivity contribution in [3.8, 4) is 5.75 Å². The molecule has 0 spiro atoms. The number of nitro benzene ring substituents is 1. The van der Waals surface area contributed by atoms with Gasteiger partial charge in [0, 0.05) is 23.5 Å². The molecule has 0 fully saturated rings. The third-order valence-electron chi connectivity index (χ3n) is 2.67. The molecule has 0 radical (unpaired) electrons. The van der Waals surface area contributed by atoms with Crippen LogP contribution in [0.3, 0.4) is 0 Å². The quantitative estimate of drug-likeness (QED) is 0.659. The minimum Gasteiger partial charge on any atom is -0.505 e. The first kappa shape index (κ1) is 13.5. The molecule has 2 N–H and O–H groups in total. The van der Waals surface area contributed by atoms with E-state index >= 15 is 0 Å². The molecule has 0 atom stereocenters. The maximum Gasteiger partial charge on any atom is 0.278 e. The molecule has 0 saturated carbocycles. The standard InChI is InChI=1S/C13H11N3O4/c1-8-4-5-9(7-10(8)16(19)20)15-13(18)12-11(17)3-2-6-14-12/h2-7,17H,1H3,(H,15,18). The molecule has 1 heterocycles.